The van der Waals surface area contributed by atoms with E-state index in [9.17, 15) is 5.11 Å². The van der Waals surface area contributed by atoms with Gasteiger partial charge in [0.05, 0.1) is 19.3 Å². The topological polar surface area (TPSA) is 57.2 Å². The first-order chi connectivity index (χ1) is 15.7. The molecule has 190 valence electrons. The van der Waals surface area contributed by atoms with Crippen LogP contribution in [0.15, 0.2) is 11.6 Å². The molecule has 0 spiro atoms. The molecule has 0 aromatic heterocycles. The van der Waals surface area contributed by atoms with Crippen LogP contribution in [0.5, 0.6) is 0 Å². The summed E-state index contributed by atoms with van der Waals surface area (Å²) in [4.78, 5) is 9.93. The van der Waals surface area contributed by atoms with E-state index in [-0.39, 0.29) is 12.2 Å². The smallest absolute Gasteiger partial charge is 0.0985 e. The van der Waals surface area contributed by atoms with Crippen LogP contribution in [0.2, 0.25) is 0 Å². The van der Waals surface area contributed by atoms with Crippen molar-refractivity contribution in [1.29, 1.82) is 0 Å². The van der Waals surface area contributed by atoms with Crippen molar-refractivity contribution >= 4 is 0 Å². The molecule has 4 aliphatic rings. The molecule has 0 aliphatic heterocycles. The van der Waals surface area contributed by atoms with E-state index in [4.69, 9.17) is 9.93 Å². The first kappa shape index (κ1) is 25.6. The molecule has 0 radical (unpaired) electrons. The van der Waals surface area contributed by atoms with Crippen molar-refractivity contribution in [2.45, 2.75) is 111 Å². The van der Waals surface area contributed by atoms with Crippen LogP contribution in [0.1, 0.15) is 98.8 Å². The van der Waals surface area contributed by atoms with Gasteiger partial charge < -0.3 is 5.11 Å². The van der Waals surface area contributed by atoms with E-state index in [0.717, 1.165) is 49.4 Å². The molecule has 0 amide bonds. The molecule has 1 N–H and O–H groups in total. The SMILES string of the molecule is COOOOC(CCC(C)C1CCC2C3CC=C4CC(O)CCC4(C)C3CCC12C)C(C)C. The van der Waals surface area contributed by atoms with Gasteiger partial charge in [-0.15, -0.1) is 0 Å². The Morgan fingerprint density at radius 3 is 2.52 bits per heavy atom. The number of fused-ring (bicyclic) bond motifs is 5. The maximum absolute atomic E-state index is 10.3. The van der Waals surface area contributed by atoms with E-state index in [0.29, 0.717) is 22.7 Å². The highest BCUT2D eigenvalue weighted by Gasteiger charge is 2.59. The number of rotatable bonds is 9. The van der Waals surface area contributed by atoms with Crippen LogP contribution < -0.4 is 0 Å². The molecule has 9 unspecified atom stereocenters. The molecular formula is C28H48O5. The largest absolute Gasteiger partial charge is 0.393 e. The molecule has 4 aliphatic carbocycles. The molecule has 5 nitrogen and oxygen atoms in total. The summed E-state index contributed by atoms with van der Waals surface area (Å²) in [5, 5.41) is 19.5. The highest BCUT2D eigenvalue weighted by molar-refractivity contribution is 5.25. The fourth-order valence-corrected chi connectivity index (χ4v) is 8.83. The molecule has 0 bridgehead atoms. The van der Waals surface area contributed by atoms with E-state index in [1.54, 1.807) is 5.57 Å². The summed E-state index contributed by atoms with van der Waals surface area (Å²) in [6.07, 6.45) is 14.4. The maximum atomic E-state index is 10.3. The van der Waals surface area contributed by atoms with Gasteiger partial charge in [-0.05, 0) is 121 Å². The van der Waals surface area contributed by atoms with E-state index in [1.807, 2.05) is 0 Å². The quantitative estimate of drug-likeness (QED) is 0.176. The fourth-order valence-electron chi connectivity index (χ4n) is 8.83. The Hall–Kier alpha value is -0.460. The van der Waals surface area contributed by atoms with Gasteiger partial charge in [-0.3, -0.25) is 0 Å². The van der Waals surface area contributed by atoms with Gasteiger partial charge >= 0.3 is 0 Å². The summed E-state index contributed by atoms with van der Waals surface area (Å²) >= 11 is 0. The van der Waals surface area contributed by atoms with Crippen molar-refractivity contribution in [1.82, 2.24) is 0 Å². The summed E-state index contributed by atoms with van der Waals surface area (Å²) in [5.41, 5.74) is 2.37. The molecule has 33 heavy (non-hydrogen) atoms. The normalized spacial score (nSPS) is 42.3. The highest BCUT2D eigenvalue weighted by Crippen LogP contribution is 2.67. The molecule has 0 aromatic carbocycles. The average molecular weight is 465 g/mol. The summed E-state index contributed by atoms with van der Waals surface area (Å²) in [5.74, 6) is 4.32. The zero-order chi connectivity index (χ0) is 23.8. The zero-order valence-corrected chi connectivity index (χ0v) is 21.8. The minimum atomic E-state index is -0.114. The monoisotopic (exact) mass is 464 g/mol. The minimum absolute atomic E-state index is 0.00634. The lowest BCUT2D eigenvalue weighted by atomic mass is 9.47. The van der Waals surface area contributed by atoms with Crippen molar-refractivity contribution in [3.8, 4) is 0 Å². The second-order valence-electron chi connectivity index (χ2n) is 12.6. The Balaban J connectivity index is 1.41. The summed E-state index contributed by atoms with van der Waals surface area (Å²) in [6, 6.07) is 0. The van der Waals surface area contributed by atoms with Crippen LogP contribution in [0.25, 0.3) is 0 Å². The highest BCUT2D eigenvalue weighted by atomic mass is 17.7. The predicted octanol–water partition coefficient (Wildman–Crippen LogP) is 6.81. The Labute approximate surface area is 201 Å². The average Bonchev–Trinajstić information content (AvgIpc) is 3.13. The molecule has 9 atom stereocenters. The fraction of sp³-hybridized carbons (Fsp3) is 0.929. The minimum Gasteiger partial charge on any atom is -0.393 e. The van der Waals surface area contributed by atoms with Crippen LogP contribution in [-0.4, -0.2) is 24.4 Å². The molecule has 3 fully saturated rings. The summed E-state index contributed by atoms with van der Waals surface area (Å²) < 4.78 is 0. The second-order valence-corrected chi connectivity index (χ2v) is 12.6. The van der Waals surface area contributed by atoms with Gasteiger partial charge in [-0.2, -0.15) is 0 Å². The summed E-state index contributed by atoms with van der Waals surface area (Å²) in [7, 11) is 1.41. The van der Waals surface area contributed by atoms with E-state index in [2.05, 4.69) is 50.6 Å². The lowest BCUT2D eigenvalue weighted by Crippen LogP contribution is -2.50. The zero-order valence-electron chi connectivity index (χ0n) is 21.8. The van der Waals surface area contributed by atoms with Gasteiger partial charge in [0.15, 0.2) is 0 Å². The molecule has 4 rings (SSSR count). The van der Waals surface area contributed by atoms with Crippen LogP contribution in [0, 0.1) is 46.3 Å². The van der Waals surface area contributed by atoms with E-state index in [1.165, 1.54) is 45.6 Å². The molecule has 0 aromatic rings. The van der Waals surface area contributed by atoms with Crippen molar-refractivity contribution in [3.63, 3.8) is 0 Å². The molecule has 0 heterocycles. The van der Waals surface area contributed by atoms with Crippen LogP contribution in [0.3, 0.4) is 0 Å². The number of aliphatic hydroxyl groups excluding tert-OH is 1. The standard InChI is InChI=1S/C28H48O5/c1-18(2)26(31-33-32-30-6)12-7-19(3)23-10-11-24-22-9-8-20-17-21(29)13-15-27(20,4)25(22)14-16-28(23,24)5/h8,18-19,21-26,29H,7,9-17H2,1-6H3. The molecular weight excluding hydrogens is 416 g/mol. The van der Waals surface area contributed by atoms with E-state index < -0.39 is 0 Å². The predicted molar refractivity (Wildman–Crippen MR) is 128 cm³/mol. The Morgan fingerprint density at radius 1 is 1.00 bits per heavy atom. The van der Waals surface area contributed by atoms with Crippen molar-refractivity contribution in [2.24, 2.45) is 46.3 Å². The molecule has 5 heteroatoms. The number of aliphatic hydroxyl groups is 1. The lowest BCUT2D eigenvalue weighted by Gasteiger charge is -2.58. The Kier molecular flexibility index (Phi) is 7.97. The maximum Gasteiger partial charge on any atom is 0.0985 e. The third kappa shape index (κ3) is 4.82. The van der Waals surface area contributed by atoms with Gasteiger partial charge in [0.2, 0.25) is 0 Å². The van der Waals surface area contributed by atoms with Crippen molar-refractivity contribution < 1.29 is 25.0 Å². The van der Waals surface area contributed by atoms with Gasteiger partial charge in [0.25, 0.3) is 0 Å². The lowest BCUT2D eigenvalue weighted by molar-refractivity contribution is -0.638. The van der Waals surface area contributed by atoms with Gasteiger partial charge in [0, 0.05) is 0 Å². The third-order valence-corrected chi connectivity index (χ3v) is 10.7. The van der Waals surface area contributed by atoms with Gasteiger partial charge in [-0.1, -0.05) is 46.3 Å². The number of hydrogen-bond acceptors (Lipinski definition) is 5. The van der Waals surface area contributed by atoms with Crippen molar-refractivity contribution in [3.05, 3.63) is 11.6 Å². The van der Waals surface area contributed by atoms with Crippen LogP contribution in [-0.2, 0) is 19.9 Å². The number of hydrogen-bond donors (Lipinski definition) is 1. The molecule has 3 saturated carbocycles. The third-order valence-electron chi connectivity index (χ3n) is 10.7. The first-order valence-electron chi connectivity index (χ1n) is 13.6. The van der Waals surface area contributed by atoms with Crippen molar-refractivity contribution in [2.75, 3.05) is 7.11 Å². The summed E-state index contributed by atoms with van der Waals surface area (Å²) in [6.45, 7) is 11.9. The van der Waals surface area contributed by atoms with Crippen LogP contribution >= 0.6 is 0 Å². The number of allylic oxidation sites excluding steroid dienone is 1. The van der Waals surface area contributed by atoms with E-state index >= 15 is 0 Å². The molecule has 0 saturated heterocycles. The van der Waals surface area contributed by atoms with Gasteiger partial charge in [-0.25, -0.2) is 9.78 Å². The first-order valence-corrected chi connectivity index (χ1v) is 13.6. The second kappa shape index (κ2) is 10.3. The van der Waals surface area contributed by atoms with Gasteiger partial charge in [0.1, 0.15) is 0 Å². The Bertz CT molecular complexity index is 692. The Morgan fingerprint density at radius 2 is 1.79 bits per heavy atom. The van der Waals surface area contributed by atoms with Crippen LogP contribution in [0.4, 0.5) is 0 Å².